The van der Waals surface area contributed by atoms with Gasteiger partial charge in [0, 0.05) is 42.0 Å². The average molecular weight is 313 g/mol. The van der Waals surface area contributed by atoms with Crippen molar-refractivity contribution in [2.75, 3.05) is 18.1 Å². The normalized spacial score (nSPS) is 12.0. The Bertz CT molecular complexity index is 441. The van der Waals surface area contributed by atoms with Crippen molar-refractivity contribution < 1.29 is 5.11 Å². The van der Waals surface area contributed by atoms with E-state index in [1.165, 1.54) is 0 Å². The smallest absolute Gasteiger partial charge is 0.0471 e. The molecule has 1 rings (SSSR count). The molecule has 0 unspecified atom stereocenters. The fourth-order valence-electron chi connectivity index (χ4n) is 2.15. The largest absolute Gasteiger partial charge is 0.396 e. The van der Waals surface area contributed by atoms with Gasteiger partial charge in [0.25, 0.3) is 0 Å². The van der Waals surface area contributed by atoms with Gasteiger partial charge in [0.15, 0.2) is 0 Å². The molecule has 0 heterocycles. The molecule has 0 spiro atoms. The summed E-state index contributed by atoms with van der Waals surface area (Å²) in [7, 11) is 0. The van der Waals surface area contributed by atoms with Gasteiger partial charge >= 0.3 is 0 Å². The standard InChI is InChI=1S/C17H29ClN2O/c1-13(2)20(9-6-10-21)15-8-7-14(16(18)11-15)12-19-17(3,4)5/h7-8,11,13,19,21H,6,9-10,12H2,1-5H3. The van der Waals surface area contributed by atoms with Gasteiger partial charge in [-0.3, -0.25) is 0 Å². The number of aliphatic hydroxyl groups excluding tert-OH is 1. The number of rotatable bonds is 7. The molecule has 0 saturated heterocycles. The van der Waals surface area contributed by atoms with Crippen LogP contribution in [-0.4, -0.2) is 29.8 Å². The second-order valence-electron chi connectivity index (χ2n) is 6.74. The molecule has 0 aliphatic heterocycles. The van der Waals surface area contributed by atoms with Crippen LogP contribution in [0, 0.1) is 0 Å². The van der Waals surface area contributed by atoms with Crippen molar-refractivity contribution in [3.05, 3.63) is 28.8 Å². The Hall–Kier alpha value is -0.770. The molecule has 0 amide bonds. The van der Waals surface area contributed by atoms with Crippen LogP contribution >= 0.6 is 11.6 Å². The lowest BCUT2D eigenvalue weighted by Crippen LogP contribution is -2.35. The maximum absolute atomic E-state index is 9.03. The van der Waals surface area contributed by atoms with Crippen LogP contribution in [0.1, 0.15) is 46.6 Å². The van der Waals surface area contributed by atoms with Crippen molar-refractivity contribution in [1.29, 1.82) is 0 Å². The van der Waals surface area contributed by atoms with Gasteiger partial charge in [-0.2, -0.15) is 0 Å². The predicted molar refractivity (Wildman–Crippen MR) is 92.2 cm³/mol. The molecular formula is C17H29ClN2O. The number of benzene rings is 1. The summed E-state index contributed by atoms with van der Waals surface area (Å²) in [6, 6.07) is 6.61. The van der Waals surface area contributed by atoms with Crippen LogP contribution in [0.4, 0.5) is 5.69 Å². The maximum Gasteiger partial charge on any atom is 0.0471 e. The van der Waals surface area contributed by atoms with E-state index in [4.69, 9.17) is 16.7 Å². The molecular weight excluding hydrogens is 284 g/mol. The summed E-state index contributed by atoms with van der Waals surface area (Å²) >= 11 is 6.42. The van der Waals surface area contributed by atoms with Crippen molar-refractivity contribution in [2.45, 2.75) is 59.2 Å². The van der Waals surface area contributed by atoms with Crippen LogP contribution in [-0.2, 0) is 6.54 Å². The summed E-state index contributed by atoms with van der Waals surface area (Å²) in [5, 5.41) is 13.3. The second kappa shape index (κ2) is 8.02. The molecule has 2 N–H and O–H groups in total. The van der Waals surface area contributed by atoms with Gasteiger partial charge in [0.05, 0.1) is 0 Å². The highest BCUT2D eigenvalue weighted by Gasteiger charge is 2.13. The SMILES string of the molecule is CC(C)N(CCCO)c1ccc(CNC(C)(C)C)c(Cl)c1. The first kappa shape index (κ1) is 18.3. The fraction of sp³-hybridized carbons (Fsp3) is 0.647. The number of nitrogens with one attached hydrogen (secondary N) is 1. The van der Waals surface area contributed by atoms with Crippen LogP contribution in [0.3, 0.4) is 0 Å². The number of hydrogen-bond donors (Lipinski definition) is 2. The topological polar surface area (TPSA) is 35.5 Å². The number of aliphatic hydroxyl groups is 1. The third-order valence-corrected chi connectivity index (χ3v) is 3.71. The van der Waals surface area contributed by atoms with E-state index >= 15 is 0 Å². The molecule has 1 aromatic carbocycles. The maximum atomic E-state index is 9.03. The van der Waals surface area contributed by atoms with Crippen molar-refractivity contribution in [3.8, 4) is 0 Å². The van der Waals surface area contributed by atoms with Gasteiger partial charge in [-0.15, -0.1) is 0 Å². The predicted octanol–water partition coefficient (Wildman–Crippen LogP) is 3.83. The van der Waals surface area contributed by atoms with E-state index in [1.54, 1.807) is 0 Å². The Labute approximate surface area is 134 Å². The highest BCUT2D eigenvalue weighted by Crippen LogP contribution is 2.25. The van der Waals surface area contributed by atoms with Crippen LogP contribution in [0.2, 0.25) is 5.02 Å². The molecule has 0 radical (unpaired) electrons. The molecule has 0 saturated carbocycles. The van der Waals surface area contributed by atoms with E-state index in [-0.39, 0.29) is 12.1 Å². The lowest BCUT2D eigenvalue weighted by Gasteiger charge is -2.29. The third-order valence-electron chi connectivity index (χ3n) is 3.36. The van der Waals surface area contributed by atoms with Crippen LogP contribution in [0.25, 0.3) is 0 Å². The lowest BCUT2D eigenvalue weighted by molar-refractivity contribution is 0.288. The molecule has 1 aromatic rings. The van der Waals surface area contributed by atoms with Gasteiger partial charge in [-0.05, 0) is 58.7 Å². The average Bonchev–Trinajstić information content (AvgIpc) is 2.36. The first-order valence-corrected chi connectivity index (χ1v) is 8.03. The Morgan fingerprint density at radius 3 is 2.43 bits per heavy atom. The Balaban J connectivity index is 2.84. The molecule has 0 fully saturated rings. The van der Waals surface area contributed by atoms with Gasteiger partial charge < -0.3 is 15.3 Å². The van der Waals surface area contributed by atoms with Gasteiger partial charge in [-0.1, -0.05) is 17.7 Å². The summed E-state index contributed by atoms with van der Waals surface area (Å²) < 4.78 is 0. The summed E-state index contributed by atoms with van der Waals surface area (Å²) in [4.78, 5) is 2.27. The van der Waals surface area contributed by atoms with Crippen LogP contribution in [0.5, 0.6) is 0 Å². The van der Waals surface area contributed by atoms with Gasteiger partial charge in [-0.25, -0.2) is 0 Å². The van der Waals surface area contributed by atoms with Crippen molar-refractivity contribution >= 4 is 17.3 Å². The molecule has 120 valence electrons. The third kappa shape index (κ3) is 6.25. The zero-order valence-electron chi connectivity index (χ0n) is 13.9. The number of nitrogens with zero attached hydrogens (tertiary/aromatic N) is 1. The van der Waals surface area contributed by atoms with Crippen molar-refractivity contribution in [1.82, 2.24) is 5.32 Å². The molecule has 0 bridgehead atoms. The summed E-state index contributed by atoms with van der Waals surface area (Å²) in [5.41, 5.74) is 2.30. The minimum atomic E-state index is 0.0765. The van der Waals surface area contributed by atoms with E-state index in [0.29, 0.717) is 6.04 Å². The fourth-order valence-corrected chi connectivity index (χ4v) is 2.39. The lowest BCUT2D eigenvalue weighted by atomic mass is 10.1. The zero-order chi connectivity index (χ0) is 16.0. The molecule has 0 aliphatic rings. The Morgan fingerprint density at radius 1 is 1.29 bits per heavy atom. The molecule has 0 aromatic heterocycles. The van der Waals surface area contributed by atoms with Crippen LogP contribution in [0.15, 0.2) is 18.2 Å². The summed E-state index contributed by atoms with van der Waals surface area (Å²) in [6.07, 6.45) is 0.767. The summed E-state index contributed by atoms with van der Waals surface area (Å²) in [6.45, 7) is 12.6. The Kier molecular flexibility index (Phi) is 6.98. The first-order valence-electron chi connectivity index (χ1n) is 7.65. The Morgan fingerprint density at radius 2 is 1.95 bits per heavy atom. The monoisotopic (exact) mass is 312 g/mol. The van der Waals surface area contributed by atoms with Gasteiger partial charge in [0.2, 0.25) is 0 Å². The van der Waals surface area contributed by atoms with E-state index in [2.05, 4.69) is 57.0 Å². The number of hydrogen-bond acceptors (Lipinski definition) is 3. The van der Waals surface area contributed by atoms with Crippen molar-refractivity contribution in [3.63, 3.8) is 0 Å². The van der Waals surface area contributed by atoms with Crippen molar-refractivity contribution in [2.24, 2.45) is 0 Å². The second-order valence-corrected chi connectivity index (χ2v) is 7.15. The minimum absolute atomic E-state index is 0.0765. The number of halogens is 1. The van der Waals surface area contributed by atoms with Gasteiger partial charge in [0.1, 0.15) is 0 Å². The zero-order valence-corrected chi connectivity index (χ0v) is 14.7. The van der Waals surface area contributed by atoms with E-state index in [9.17, 15) is 0 Å². The minimum Gasteiger partial charge on any atom is -0.396 e. The molecule has 3 nitrogen and oxygen atoms in total. The quantitative estimate of drug-likeness (QED) is 0.803. The molecule has 0 aliphatic carbocycles. The van der Waals surface area contributed by atoms with Crippen LogP contribution < -0.4 is 10.2 Å². The molecule has 0 atom stereocenters. The molecule has 4 heteroatoms. The highest BCUT2D eigenvalue weighted by atomic mass is 35.5. The molecule has 21 heavy (non-hydrogen) atoms. The van der Waals surface area contributed by atoms with E-state index < -0.39 is 0 Å². The highest BCUT2D eigenvalue weighted by molar-refractivity contribution is 6.31. The summed E-state index contributed by atoms with van der Waals surface area (Å²) in [5.74, 6) is 0. The number of anilines is 1. The van der Waals surface area contributed by atoms with E-state index in [1.807, 2.05) is 6.07 Å². The van der Waals surface area contributed by atoms with E-state index in [0.717, 1.165) is 35.8 Å². The first-order chi connectivity index (χ1) is 9.74.